The Balaban J connectivity index is 2.10. The van der Waals surface area contributed by atoms with Gasteiger partial charge >= 0.3 is 0 Å². The molecule has 1 aromatic rings. The van der Waals surface area contributed by atoms with Gasteiger partial charge in [0.05, 0.1) is 16.7 Å². The van der Waals surface area contributed by atoms with Crippen LogP contribution in [0.4, 0.5) is 5.69 Å². The predicted molar refractivity (Wildman–Crippen MR) is 70.7 cm³/mol. The Bertz CT molecular complexity index is 438. The van der Waals surface area contributed by atoms with Crippen LogP contribution in [0.3, 0.4) is 0 Å². The van der Waals surface area contributed by atoms with Gasteiger partial charge in [0.15, 0.2) is 0 Å². The zero-order valence-corrected chi connectivity index (χ0v) is 10.3. The molecule has 0 saturated carbocycles. The van der Waals surface area contributed by atoms with E-state index in [1.807, 2.05) is 5.01 Å². The predicted octanol–water partition coefficient (Wildman–Crippen LogP) is 2.80. The Labute approximate surface area is 106 Å². The SMILES string of the molecule is O=[N+]([O-])c1ccccc1C=NN1CCCCCC1. The summed E-state index contributed by atoms with van der Waals surface area (Å²) in [4.78, 5) is 10.5. The molecule has 1 fully saturated rings. The quantitative estimate of drug-likeness (QED) is 0.469. The monoisotopic (exact) mass is 247 g/mol. The van der Waals surface area contributed by atoms with Gasteiger partial charge in [-0.15, -0.1) is 0 Å². The molecule has 0 radical (unpaired) electrons. The van der Waals surface area contributed by atoms with E-state index in [9.17, 15) is 10.1 Å². The number of para-hydroxylation sites is 1. The molecule has 1 aromatic carbocycles. The topological polar surface area (TPSA) is 58.7 Å². The summed E-state index contributed by atoms with van der Waals surface area (Å²) >= 11 is 0. The fourth-order valence-electron chi connectivity index (χ4n) is 2.08. The average molecular weight is 247 g/mol. The summed E-state index contributed by atoms with van der Waals surface area (Å²) in [7, 11) is 0. The summed E-state index contributed by atoms with van der Waals surface area (Å²) in [5, 5.41) is 17.2. The van der Waals surface area contributed by atoms with Gasteiger partial charge in [0, 0.05) is 19.2 Å². The van der Waals surface area contributed by atoms with Crippen LogP contribution in [0.2, 0.25) is 0 Å². The van der Waals surface area contributed by atoms with Crippen molar-refractivity contribution in [2.45, 2.75) is 25.7 Å². The first kappa shape index (κ1) is 12.5. The van der Waals surface area contributed by atoms with E-state index in [2.05, 4.69) is 5.10 Å². The third kappa shape index (κ3) is 3.29. The first-order valence-corrected chi connectivity index (χ1v) is 6.30. The van der Waals surface area contributed by atoms with E-state index in [0.29, 0.717) is 5.56 Å². The highest BCUT2D eigenvalue weighted by Crippen LogP contribution is 2.16. The normalized spacial score (nSPS) is 16.8. The van der Waals surface area contributed by atoms with Gasteiger partial charge in [-0.2, -0.15) is 5.10 Å². The maximum atomic E-state index is 10.9. The molecule has 96 valence electrons. The Morgan fingerprint density at radius 3 is 2.50 bits per heavy atom. The molecule has 0 spiro atoms. The minimum Gasteiger partial charge on any atom is -0.297 e. The second-order valence-electron chi connectivity index (χ2n) is 4.43. The zero-order chi connectivity index (χ0) is 12.8. The van der Waals surface area contributed by atoms with Gasteiger partial charge in [0.1, 0.15) is 0 Å². The summed E-state index contributed by atoms with van der Waals surface area (Å²) < 4.78 is 0. The summed E-state index contributed by atoms with van der Waals surface area (Å²) in [6.07, 6.45) is 6.39. The van der Waals surface area contributed by atoms with Crippen molar-refractivity contribution >= 4 is 11.9 Å². The Kier molecular flexibility index (Phi) is 4.28. The molecule has 1 heterocycles. The average Bonchev–Trinajstić information content (AvgIpc) is 2.65. The maximum Gasteiger partial charge on any atom is 0.278 e. The number of hydrogen-bond donors (Lipinski definition) is 0. The number of hydrazone groups is 1. The Hall–Kier alpha value is -1.91. The molecule has 5 heteroatoms. The smallest absolute Gasteiger partial charge is 0.278 e. The van der Waals surface area contributed by atoms with Crippen LogP contribution >= 0.6 is 0 Å². The van der Waals surface area contributed by atoms with Crippen LogP contribution in [-0.4, -0.2) is 29.2 Å². The van der Waals surface area contributed by atoms with E-state index >= 15 is 0 Å². The van der Waals surface area contributed by atoms with Crippen LogP contribution in [0.1, 0.15) is 31.2 Å². The lowest BCUT2D eigenvalue weighted by atomic mass is 10.2. The molecule has 1 aliphatic rings. The minimum atomic E-state index is -0.371. The molecule has 0 N–H and O–H groups in total. The number of nitrogens with zero attached hydrogens (tertiary/aromatic N) is 3. The van der Waals surface area contributed by atoms with Gasteiger partial charge in [-0.1, -0.05) is 25.0 Å². The van der Waals surface area contributed by atoms with Crippen molar-refractivity contribution in [2.24, 2.45) is 5.10 Å². The molecule has 5 nitrogen and oxygen atoms in total. The molecule has 0 amide bonds. The van der Waals surface area contributed by atoms with Gasteiger partial charge < -0.3 is 0 Å². The number of nitro groups is 1. The van der Waals surface area contributed by atoms with Crippen LogP contribution in [0, 0.1) is 10.1 Å². The number of rotatable bonds is 3. The van der Waals surface area contributed by atoms with Gasteiger partial charge in [0.2, 0.25) is 0 Å². The van der Waals surface area contributed by atoms with Crippen LogP contribution < -0.4 is 0 Å². The standard InChI is InChI=1S/C13H17N3O2/c17-16(18)13-8-4-3-7-12(13)11-14-15-9-5-1-2-6-10-15/h3-4,7-8,11H,1-2,5-6,9-10H2. The lowest BCUT2D eigenvalue weighted by Crippen LogP contribution is -2.18. The van der Waals surface area contributed by atoms with Gasteiger partial charge in [-0.25, -0.2) is 0 Å². The number of nitro benzene ring substituents is 1. The zero-order valence-electron chi connectivity index (χ0n) is 10.3. The highest BCUT2D eigenvalue weighted by Gasteiger charge is 2.11. The number of benzene rings is 1. The van der Waals surface area contributed by atoms with Crippen LogP contribution in [0.5, 0.6) is 0 Å². The number of hydrogen-bond acceptors (Lipinski definition) is 4. The van der Waals surface area contributed by atoms with E-state index in [1.165, 1.54) is 18.9 Å². The maximum absolute atomic E-state index is 10.9. The Morgan fingerprint density at radius 1 is 1.17 bits per heavy atom. The van der Waals surface area contributed by atoms with Crippen molar-refractivity contribution in [3.63, 3.8) is 0 Å². The molecule has 0 bridgehead atoms. The first-order valence-electron chi connectivity index (χ1n) is 6.30. The molecular weight excluding hydrogens is 230 g/mol. The molecule has 1 saturated heterocycles. The van der Waals surface area contributed by atoms with Crippen LogP contribution in [-0.2, 0) is 0 Å². The van der Waals surface area contributed by atoms with Crippen molar-refractivity contribution in [1.29, 1.82) is 0 Å². The molecule has 1 aliphatic heterocycles. The molecule has 18 heavy (non-hydrogen) atoms. The lowest BCUT2D eigenvalue weighted by molar-refractivity contribution is -0.385. The van der Waals surface area contributed by atoms with E-state index in [0.717, 1.165) is 25.9 Å². The van der Waals surface area contributed by atoms with Crippen molar-refractivity contribution < 1.29 is 4.92 Å². The lowest BCUT2D eigenvalue weighted by Gasteiger charge is -2.15. The van der Waals surface area contributed by atoms with Crippen molar-refractivity contribution in [2.75, 3.05) is 13.1 Å². The fourth-order valence-corrected chi connectivity index (χ4v) is 2.08. The molecular formula is C13H17N3O2. The second kappa shape index (κ2) is 6.14. The van der Waals surface area contributed by atoms with Crippen molar-refractivity contribution in [3.05, 3.63) is 39.9 Å². The third-order valence-electron chi connectivity index (χ3n) is 3.08. The summed E-state index contributed by atoms with van der Waals surface area (Å²) in [5.74, 6) is 0. The summed E-state index contributed by atoms with van der Waals surface area (Å²) in [6.45, 7) is 1.88. The van der Waals surface area contributed by atoms with Gasteiger partial charge in [-0.05, 0) is 18.9 Å². The van der Waals surface area contributed by atoms with E-state index in [1.54, 1.807) is 24.4 Å². The summed E-state index contributed by atoms with van der Waals surface area (Å²) in [6, 6.07) is 6.68. The highest BCUT2D eigenvalue weighted by atomic mass is 16.6. The largest absolute Gasteiger partial charge is 0.297 e. The second-order valence-corrected chi connectivity index (χ2v) is 4.43. The van der Waals surface area contributed by atoms with Crippen LogP contribution in [0.15, 0.2) is 29.4 Å². The molecule has 0 unspecified atom stereocenters. The molecule has 0 aromatic heterocycles. The molecule has 0 atom stereocenters. The van der Waals surface area contributed by atoms with E-state index in [4.69, 9.17) is 0 Å². The minimum absolute atomic E-state index is 0.107. The van der Waals surface area contributed by atoms with Crippen molar-refractivity contribution in [1.82, 2.24) is 5.01 Å². The van der Waals surface area contributed by atoms with E-state index < -0.39 is 0 Å². The first-order chi connectivity index (χ1) is 8.77. The highest BCUT2D eigenvalue weighted by molar-refractivity contribution is 5.84. The van der Waals surface area contributed by atoms with Crippen molar-refractivity contribution in [3.8, 4) is 0 Å². The van der Waals surface area contributed by atoms with Gasteiger partial charge in [0.25, 0.3) is 5.69 Å². The third-order valence-corrected chi connectivity index (χ3v) is 3.08. The Morgan fingerprint density at radius 2 is 1.83 bits per heavy atom. The van der Waals surface area contributed by atoms with E-state index in [-0.39, 0.29) is 10.6 Å². The molecule has 0 aliphatic carbocycles. The summed E-state index contributed by atoms with van der Waals surface area (Å²) in [5.41, 5.74) is 0.669. The fraction of sp³-hybridized carbons (Fsp3) is 0.462. The molecule has 2 rings (SSSR count). The van der Waals surface area contributed by atoms with Gasteiger partial charge in [-0.3, -0.25) is 15.1 Å². The van der Waals surface area contributed by atoms with Crippen LogP contribution in [0.25, 0.3) is 0 Å².